The summed E-state index contributed by atoms with van der Waals surface area (Å²) in [7, 11) is 0. The lowest BCUT2D eigenvalue weighted by molar-refractivity contribution is -0.309. The highest BCUT2D eigenvalue weighted by molar-refractivity contribution is 5.75. The highest BCUT2D eigenvalue weighted by atomic mass is 27.0. The molecule has 3 radical (unpaired) electrons. The van der Waals surface area contributed by atoms with Crippen molar-refractivity contribution in [2.24, 2.45) is 0 Å². The molecule has 16 heavy (non-hydrogen) atoms. The number of aliphatic hydroxyl groups is 3. The Morgan fingerprint density at radius 1 is 0.688 bits per heavy atom. The average Bonchev–Trinajstić information content (AvgIpc) is 2.19. The zero-order chi connectivity index (χ0) is 12.9. The monoisotopic (exact) mass is 252 g/mol. The fraction of sp³-hybridized carbons (Fsp3) is 0.500. The van der Waals surface area contributed by atoms with Crippen molar-refractivity contribution in [3.8, 4) is 0 Å². The van der Waals surface area contributed by atoms with E-state index in [1.54, 1.807) is 0 Å². The minimum atomic E-state index is -1.44. The molecule has 0 saturated carbocycles. The van der Waals surface area contributed by atoms with E-state index in [4.69, 9.17) is 45.0 Å². The zero-order valence-corrected chi connectivity index (χ0v) is 9.14. The van der Waals surface area contributed by atoms with Crippen LogP contribution in [0.1, 0.15) is 0 Å². The first kappa shape index (κ1) is 24.2. The summed E-state index contributed by atoms with van der Waals surface area (Å²) in [4.78, 5) is 27.0. The Morgan fingerprint density at radius 3 is 0.750 bits per heavy atom. The van der Waals surface area contributed by atoms with E-state index in [2.05, 4.69) is 0 Å². The minimum absolute atomic E-state index is 0. The Morgan fingerprint density at radius 2 is 0.750 bits per heavy atom. The number of carboxylic acids is 3. The lowest BCUT2D eigenvalue weighted by Gasteiger charge is -1.86. The van der Waals surface area contributed by atoms with Gasteiger partial charge < -0.3 is 45.0 Å². The van der Waals surface area contributed by atoms with Gasteiger partial charge in [-0.05, 0) is 0 Å². The summed E-state index contributed by atoms with van der Waals surface area (Å²) in [6, 6.07) is 0. The number of hydrogen-bond acceptors (Lipinski definition) is 9. The molecule has 0 aliphatic rings. The van der Waals surface area contributed by atoms with E-state index in [1.807, 2.05) is 0 Å². The highest BCUT2D eigenvalue weighted by Gasteiger charge is 1.67. The van der Waals surface area contributed by atoms with Crippen LogP contribution in [-0.2, 0) is 14.4 Å². The van der Waals surface area contributed by atoms with E-state index in [9.17, 15) is 0 Å². The van der Waals surface area contributed by atoms with Gasteiger partial charge in [-0.25, -0.2) is 0 Å². The topological polar surface area (TPSA) is 181 Å². The second-order valence-electron chi connectivity index (χ2n) is 1.59. The maximum atomic E-state index is 9.01. The van der Waals surface area contributed by atoms with E-state index >= 15 is 0 Å². The molecular formula is C6H9AlO9-3. The average molecular weight is 252 g/mol. The van der Waals surface area contributed by atoms with Crippen LogP contribution >= 0.6 is 0 Å². The van der Waals surface area contributed by atoms with Crippen LogP contribution in [-0.4, -0.2) is 70.4 Å². The number of aliphatic carboxylic acids is 3. The molecule has 0 rings (SSSR count). The standard InChI is InChI=1S/3C2H4O3.Al/c3*3-1-2(4)5;/h3*3H,1H2,(H,4,5);/p-3. The zero-order valence-electron chi connectivity index (χ0n) is 7.99. The van der Waals surface area contributed by atoms with Gasteiger partial charge in [0.15, 0.2) is 0 Å². The van der Waals surface area contributed by atoms with Crippen molar-refractivity contribution in [1.82, 2.24) is 0 Å². The van der Waals surface area contributed by atoms with Crippen LogP contribution in [0, 0.1) is 0 Å². The van der Waals surface area contributed by atoms with Gasteiger partial charge >= 0.3 is 0 Å². The number of aliphatic hydroxyl groups excluding tert-OH is 3. The van der Waals surface area contributed by atoms with Gasteiger partial charge in [0.1, 0.15) is 0 Å². The summed E-state index contributed by atoms with van der Waals surface area (Å²) in [5.74, 6) is -4.32. The molecule has 0 aromatic carbocycles. The third-order valence-corrected chi connectivity index (χ3v) is 0.387. The van der Waals surface area contributed by atoms with Gasteiger partial charge in [0.05, 0.1) is 37.7 Å². The Hall–Kier alpha value is -1.18. The lowest BCUT2D eigenvalue weighted by Crippen LogP contribution is -2.25. The van der Waals surface area contributed by atoms with Gasteiger partial charge in [0.2, 0.25) is 0 Å². The maximum absolute atomic E-state index is 9.01. The molecular weight excluding hydrogens is 243 g/mol. The molecule has 10 heteroatoms. The molecule has 0 atom stereocenters. The molecule has 0 fully saturated rings. The van der Waals surface area contributed by atoms with Gasteiger partial charge in [0, 0.05) is 17.4 Å². The largest absolute Gasteiger partial charge is 0.548 e. The number of carbonyl (C=O) groups is 3. The van der Waals surface area contributed by atoms with Crippen LogP contribution < -0.4 is 15.3 Å². The molecule has 0 aromatic heterocycles. The molecule has 0 bridgehead atoms. The molecule has 0 aromatic rings. The van der Waals surface area contributed by atoms with Crippen LogP contribution in [0.3, 0.4) is 0 Å². The molecule has 0 heterocycles. The predicted octanol–water partition coefficient (Wildman–Crippen LogP) is -7.19. The van der Waals surface area contributed by atoms with E-state index in [0.717, 1.165) is 0 Å². The van der Waals surface area contributed by atoms with E-state index in [-0.39, 0.29) is 17.4 Å². The second-order valence-corrected chi connectivity index (χ2v) is 1.59. The van der Waals surface area contributed by atoms with Crippen molar-refractivity contribution in [2.45, 2.75) is 0 Å². The molecule has 0 unspecified atom stereocenters. The predicted molar refractivity (Wildman–Crippen MR) is 42.0 cm³/mol. The SMILES string of the molecule is O=C([O-])CO.O=C([O-])CO.O=C([O-])CO.[Al]. The lowest BCUT2D eigenvalue weighted by atomic mass is 10.8. The van der Waals surface area contributed by atoms with Crippen molar-refractivity contribution < 1.29 is 45.0 Å². The summed E-state index contributed by atoms with van der Waals surface area (Å²) < 4.78 is 0. The molecule has 0 amide bonds. The first-order valence-electron chi connectivity index (χ1n) is 3.23. The van der Waals surface area contributed by atoms with Gasteiger partial charge in [-0.15, -0.1) is 0 Å². The van der Waals surface area contributed by atoms with Crippen LogP contribution in [0.5, 0.6) is 0 Å². The fourth-order valence-corrected chi connectivity index (χ4v) is 0. The molecule has 9 nitrogen and oxygen atoms in total. The maximum Gasteiger partial charge on any atom is 0.0826 e. The highest BCUT2D eigenvalue weighted by Crippen LogP contribution is 1.41. The van der Waals surface area contributed by atoms with E-state index in [1.165, 1.54) is 0 Å². The van der Waals surface area contributed by atoms with Crippen LogP contribution in [0.25, 0.3) is 0 Å². The Kier molecular flexibility index (Phi) is 29.3. The van der Waals surface area contributed by atoms with Gasteiger partial charge in [-0.2, -0.15) is 0 Å². The van der Waals surface area contributed by atoms with Crippen LogP contribution in [0.4, 0.5) is 0 Å². The van der Waals surface area contributed by atoms with Crippen molar-refractivity contribution in [3.05, 3.63) is 0 Å². The molecule has 93 valence electrons. The van der Waals surface area contributed by atoms with Crippen molar-refractivity contribution in [3.63, 3.8) is 0 Å². The number of hydrogen-bond donors (Lipinski definition) is 3. The number of carbonyl (C=O) groups excluding carboxylic acids is 3. The van der Waals surface area contributed by atoms with Crippen LogP contribution in [0.2, 0.25) is 0 Å². The van der Waals surface area contributed by atoms with Crippen molar-refractivity contribution in [1.29, 1.82) is 0 Å². The normalized spacial score (nSPS) is 6.94. The third-order valence-electron chi connectivity index (χ3n) is 0.387. The molecule has 0 aliphatic heterocycles. The number of rotatable bonds is 3. The first-order chi connectivity index (χ1) is 6.81. The molecule has 0 saturated heterocycles. The second kappa shape index (κ2) is 19.4. The summed E-state index contributed by atoms with van der Waals surface area (Å²) in [6.45, 7) is -2.67. The fourth-order valence-electron chi connectivity index (χ4n) is 0. The van der Waals surface area contributed by atoms with E-state index in [0.29, 0.717) is 0 Å². The van der Waals surface area contributed by atoms with Crippen molar-refractivity contribution >= 4 is 35.3 Å². The van der Waals surface area contributed by atoms with Crippen LogP contribution in [0.15, 0.2) is 0 Å². The summed E-state index contributed by atoms with van der Waals surface area (Å²) in [5.41, 5.74) is 0. The van der Waals surface area contributed by atoms with Gasteiger partial charge in [-0.3, -0.25) is 0 Å². The minimum Gasteiger partial charge on any atom is -0.548 e. The van der Waals surface area contributed by atoms with E-state index < -0.39 is 37.7 Å². The summed E-state index contributed by atoms with van der Waals surface area (Å²) in [5, 5.41) is 49.5. The quantitative estimate of drug-likeness (QED) is 0.411. The molecule has 0 aliphatic carbocycles. The van der Waals surface area contributed by atoms with Gasteiger partial charge in [0.25, 0.3) is 0 Å². The third kappa shape index (κ3) is 77.1. The van der Waals surface area contributed by atoms with Crippen molar-refractivity contribution in [2.75, 3.05) is 19.8 Å². The Labute approximate surface area is 101 Å². The Bertz CT molecular complexity index is 159. The Balaban J connectivity index is -0.0000000655. The van der Waals surface area contributed by atoms with Gasteiger partial charge in [-0.1, -0.05) is 0 Å². The first-order valence-corrected chi connectivity index (χ1v) is 3.23. The smallest absolute Gasteiger partial charge is 0.0826 e. The number of carboxylic acid groups (broad SMARTS) is 3. The summed E-state index contributed by atoms with van der Waals surface area (Å²) in [6.07, 6.45) is 0. The molecule has 0 spiro atoms. The molecule has 3 N–H and O–H groups in total. The summed E-state index contributed by atoms with van der Waals surface area (Å²) >= 11 is 0.